The number of anilines is 1. The number of nitrogens with zero attached hydrogens (tertiary/aromatic N) is 1. The molecule has 0 fully saturated rings. The molecule has 102 valence electrons. The van der Waals surface area contributed by atoms with Crippen LogP contribution in [0, 0.1) is 15.4 Å². The Hall–Kier alpha value is -0.770. The van der Waals surface area contributed by atoms with E-state index >= 15 is 0 Å². The Labute approximate surface area is 133 Å². The van der Waals surface area contributed by atoms with E-state index in [1.54, 1.807) is 16.8 Å². The van der Waals surface area contributed by atoms with Gasteiger partial charge in [-0.1, -0.05) is 24.3 Å². The molecule has 1 aromatic carbocycles. The van der Waals surface area contributed by atoms with Crippen molar-refractivity contribution in [3.05, 3.63) is 51.1 Å². The van der Waals surface area contributed by atoms with Crippen LogP contribution in [0.1, 0.15) is 35.8 Å². The molecule has 0 saturated carbocycles. The molecule has 2 aliphatic heterocycles. The van der Waals surface area contributed by atoms with E-state index in [1.165, 1.54) is 29.5 Å². The van der Waals surface area contributed by atoms with Gasteiger partial charge in [-0.25, -0.2) is 0 Å². The second kappa shape index (κ2) is 4.12. The Kier molecular flexibility index (Phi) is 2.44. The predicted octanol–water partition coefficient (Wildman–Crippen LogP) is 4.44. The van der Waals surface area contributed by atoms with Gasteiger partial charge in [-0.05, 0) is 70.5 Å². The van der Waals surface area contributed by atoms with E-state index in [4.69, 9.17) is 0 Å². The summed E-state index contributed by atoms with van der Waals surface area (Å²) in [6.45, 7) is 2.53. The highest BCUT2D eigenvalue weighted by Gasteiger charge is 2.42. The summed E-state index contributed by atoms with van der Waals surface area (Å²) in [6.07, 6.45) is 12.3. The molecule has 1 nitrogen and oxygen atoms in total. The highest BCUT2D eigenvalue weighted by Crippen LogP contribution is 2.53. The maximum Gasteiger partial charge on any atom is 0.0444 e. The minimum Gasteiger partial charge on any atom is -0.370 e. The first-order chi connectivity index (χ1) is 9.81. The molecule has 1 aromatic rings. The van der Waals surface area contributed by atoms with Crippen LogP contribution in [0.4, 0.5) is 5.69 Å². The average molecular weight is 375 g/mol. The van der Waals surface area contributed by atoms with Crippen LogP contribution in [0.25, 0.3) is 0 Å². The van der Waals surface area contributed by atoms with E-state index in [1.807, 2.05) is 0 Å². The largest absolute Gasteiger partial charge is 0.370 e. The van der Waals surface area contributed by atoms with Crippen LogP contribution in [0.3, 0.4) is 0 Å². The van der Waals surface area contributed by atoms with Crippen LogP contribution >= 0.6 is 22.6 Å². The van der Waals surface area contributed by atoms with Crippen molar-refractivity contribution in [1.29, 1.82) is 0 Å². The van der Waals surface area contributed by atoms with Crippen LogP contribution in [0.15, 0.2) is 36.4 Å². The number of fused-ring (bicyclic) bond motifs is 4. The first-order valence-electron chi connectivity index (χ1n) is 7.73. The van der Waals surface area contributed by atoms with Crippen molar-refractivity contribution < 1.29 is 0 Å². The molecule has 0 spiro atoms. The maximum absolute atomic E-state index is 2.71. The van der Waals surface area contributed by atoms with Gasteiger partial charge >= 0.3 is 0 Å². The minimum absolute atomic E-state index is 0.677. The van der Waals surface area contributed by atoms with Gasteiger partial charge in [-0.2, -0.15) is 0 Å². The normalized spacial score (nSPS) is 36.0. The smallest absolute Gasteiger partial charge is 0.0444 e. The third-order valence-corrected chi connectivity index (χ3v) is 6.28. The molecule has 0 amide bonds. The third-order valence-electron chi connectivity index (χ3n) is 5.66. The van der Waals surface area contributed by atoms with Crippen molar-refractivity contribution in [2.75, 3.05) is 18.0 Å². The van der Waals surface area contributed by atoms with Gasteiger partial charge in [0, 0.05) is 34.2 Å². The van der Waals surface area contributed by atoms with Crippen molar-refractivity contribution in [3.63, 3.8) is 0 Å². The minimum atomic E-state index is 0.677. The number of benzene rings is 1. The van der Waals surface area contributed by atoms with E-state index in [-0.39, 0.29) is 0 Å². The van der Waals surface area contributed by atoms with Crippen molar-refractivity contribution in [2.45, 2.75) is 24.7 Å². The average Bonchev–Trinajstić information content (AvgIpc) is 3.06. The summed E-state index contributed by atoms with van der Waals surface area (Å²) in [6, 6.07) is 4.88. The SMILES string of the molecule is Ic1cc2c3c(c1)[C@@H]1C=CC[C@H]1CN3C[C@H]1CC=C[C@@H]21. The van der Waals surface area contributed by atoms with Gasteiger partial charge in [-0.15, -0.1) is 0 Å². The van der Waals surface area contributed by atoms with Gasteiger partial charge in [0.25, 0.3) is 0 Å². The van der Waals surface area contributed by atoms with Gasteiger partial charge in [0.05, 0.1) is 0 Å². The topological polar surface area (TPSA) is 3.24 Å². The molecule has 2 heteroatoms. The number of hydrogen-bond acceptors (Lipinski definition) is 1. The van der Waals surface area contributed by atoms with Crippen molar-refractivity contribution in [2.24, 2.45) is 11.8 Å². The molecular weight excluding hydrogens is 357 g/mol. The molecule has 2 heterocycles. The predicted molar refractivity (Wildman–Crippen MR) is 91.3 cm³/mol. The summed E-state index contributed by atoms with van der Waals surface area (Å²) in [5, 5.41) is 0. The standard InChI is InChI=1S/C18H18IN/c19-13-7-16-14-5-1-3-11(14)9-20-10-12-4-2-6-15(12)17(8-13)18(16)20/h1-2,5-8,11-12,14-15H,3-4,9-10H2/t11-,12+,14-,15-/m1/s1. The summed E-state index contributed by atoms with van der Waals surface area (Å²) < 4.78 is 1.42. The molecule has 5 rings (SSSR count). The van der Waals surface area contributed by atoms with Gasteiger partial charge in [0.15, 0.2) is 0 Å². The maximum atomic E-state index is 2.71. The van der Waals surface area contributed by atoms with Crippen LogP contribution in [-0.4, -0.2) is 13.1 Å². The van der Waals surface area contributed by atoms with E-state index in [9.17, 15) is 0 Å². The van der Waals surface area contributed by atoms with Crippen LogP contribution in [0.5, 0.6) is 0 Å². The summed E-state index contributed by atoms with van der Waals surface area (Å²) >= 11 is 2.51. The van der Waals surface area contributed by atoms with Crippen molar-refractivity contribution in [3.8, 4) is 0 Å². The fourth-order valence-corrected chi connectivity index (χ4v) is 5.51. The van der Waals surface area contributed by atoms with Crippen LogP contribution in [-0.2, 0) is 0 Å². The second-order valence-corrected chi connectivity index (χ2v) is 7.98. The van der Waals surface area contributed by atoms with Crippen LogP contribution < -0.4 is 4.90 Å². The number of allylic oxidation sites excluding steroid dienone is 4. The van der Waals surface area contributed by atoms with Crippen molar-refractivity contribution in [1.82, 2.24) is 0 Å². The number of rotatable bonds is 0. The molecule has 0 aromatic heterocycles. The highest BCUT2D eigenvalue weighted by atomic mass is 127. The number of halogens is 1. The Morgan fingerprint density at radius 2 is 1.45 bits per heavy atom. The van der Waals surface area contributed by atoms with E-state index in [0.29, 0.717) is 11.8 Å². The highest BCUT2D eigenvalue weighted by molar-refractivity contribution is 14.1. The lowest BCUT2D eigenvalue weighted by Crippen LogP contribution is -2.43. The molecular formula is C18H18IN. The molecule has 0 unspecified atom stereocenters. The lowest BCUT2D eigenvalue weighted by Gasteiger charge is -2.46. The molecule has 0 saturated heterocycles. The monoisotopic (exact) mass is 375 g/mol. The molecule has 0 bridgehead atoms. The quantitative estimate of drug-likeness (QED) is 0.479. The lowest BCUT2D eigenvalue weighted by molar-refractivity contribution is 0.410. The van der Waals surface area contributed by atoms with Gasteiger partial charge in [0.1, 0.15) is 0 Å². The Balaban J connectivity index is 1.76. The van der Waals surface area contributed by atoms with Gasteiger partial charge < -0.3 is 4.90 Å². The molecule has 0 N–H and O–H groups in total. The summed E-state index contributed by atoms with van der Waals surface area (Å²) in [5.74, 6) is 2.99. The summed E-state index contributed by atoms with van der Waals surface area (Å²) in [5.41, 5.74) is 4.80. The zero-order chi connectivity index (χ0) is 13.3. The van der Waals surface area contributed by atoms with E-state index in [2.05, 4.69) is 63.9 Å². The molecule has 4 aliphatic rings. The van der Waals surface area contributed by atoms with E-state index < -0.39 is 0 Å². The molecule has 4 atom stereocenters. The molecule has 0 radical (unpaired) electrons. The first-order valence-corrected chi connectivity index (χ1v) is 8.81. The Morgan fingerprint density at radius 1 is 0.900 bits per heavy atom. The Bertz CT molecular complexity index is 594. The fourth-order valence-electron chi connectivity index (χ4n) is 4.84. The van der Waals surface area contributed by atoms with Crippen LogP contribution in [0.2, 0.25) is 0 Å². The third kappa shape index (κ3) is 1.49. The zero-order valence-electron chi connectivity index (χ0n) is 11.4. The zero-order valence-corrected chi connectivity index (χ0v) is 13.6. The lowest BCUT2D eigenvalue weighted by atomic mass is 9.75. The van der Waals surface area contributed by atoms with E-state index in [0.717, 1.165) is 11.8 Å². The van der Waals surface area contributed by atoms with Crippen molar-refractivity contribution >= 4 is 28.3 Å². The number of hydrogen-bond donors (Lipinski definition) is 0. The summed E-state index contributed by atoms with van der Waals surface area (Å²) in [7, 11) is 0. The van der Waals surface area contributed by atoms with Gasteiger partial charge in [-0.3, -0.25) is 0 Å². The Morgan fingerprint density at radius 3 is 2.00 bits per heavy atom. The first kappa shape index (κ1) is 11.8. The van der Waals surface area contributed by atoms with Gasteiger partial charge in [0.2, 0.25) is 0 Å². The summed E-state index contributed by atoms with van der Waals surface area (Å²) in [4.78, 5) is 2.71. The fraction of sp³-hybridized carbons (Fsp3) is 0.444. The second-order valence-electron chi connectivity index (χ2n) is 6.74. The molecule has 2 aliphatic carbocycles. The molecule has 20 heavy (non-hydrogen) atoms.